The standard InChI is InChI=1S/C12H22N2S/c1-9(2)11-8-15-12(14-11)13-7-6-10-4-3-5-10/h9-11H,3-8H2,1-2H3,(H,13,14). The van der Waals surface area contributed by atoms with Crippen molar-refractivity contribution >= 4 is 16.9 Å². The van der Waals surface area contributed by atoms with Crippen molar-refractivity contribution < 1.29 is 0 Å². The van der Waals surface area contributed by atoms with E-state index in [1.54, 1.807) is 0 Å². The fraction of sp³-hybridized carbons (Fsp3) is 0.917. The van der Waals surface area contributed by atoms with Crippen LogP contribution in [0.2, 0.25) is 0 Å². The molecule has 2 rings (SSSR count). The van der Waals surface area contributed by atoms with Gasteiger partial charge in [-0.25, -0.2) is 0 Å². The molecule has 1 saturated carbocycles. The van der Waals surface area contributed by atoms with E-state index in [-0.39, 0.29) is 0 Å². The predicted octanol–water partition coefficient (Wildman–Crippen LogP) is 2.89. The highest BCUT2D eigenvalue weighted by Gasteiger charge is 2.23. The van der Waals surface area contributed by atoms with E-state index in [0.717, 1.165) is 18.4 Å². The van der Waals surface area contributed by atoms with Gasteiger partial charge < -0.3 is 5.32 Å². The molecule has 1 heterocycles. The van der Waals surface area contributed by atoms with Gasteiger partial charge in [-0.15, -0.1) is 0 Å². The Labute approximate surface area is 97.3 Å². The van der Waals surface area contributed by atoms with E-state index in [0.29, 0.717) is 6.04 Å². The Balaban J connectivity index is 1.67. The number of nitrogens with zero attached hydrogens (tertiary/aromatic N) is 1. The molecule has 1 saturated heterocycles. The maximum atomic E-state index is 4.65. The van der Waals surface area contributed by atoms with Crippen molar-refractivity contribution in [2.45, 2.75) is 45.6 Å². The van der Waals surface area contributed by atoms with Crippen molar-refractivity contribution in [3.63, 3.8) is 0 Å². The summed E-state index contributed by atoms with van der Waals surface area (Å²) in [6, 6.07) is 0.637. The molecule has 1 atom stereocenters. The zero-order chi connectivity index (χ0) is 10.7. The number of nitrogens with one attached hydrogen (secondary N) is 1. The van der Waals surface area contributed by atoms with E-state index in [4.69, 9.17) is 0 Å². The van der Waals surface area contributed by atoms with Crippen LogP contribution in [-0.2, 0) is 0 Å². The van der Waals surface area contributed by atoms with Crippen molar-refractivity contribution in [2.75, 3.05) is 12.3 Å². The molecule has 0 radical (unpaired) electrons. The second kappa shape index (κ2) is 5.24. The molecular weight excluding hydrogens is 204 g/mol. The molecule has 1 N–H and O–H groups in total. The van der Waals surface area contributed by atoms with Gasteiger partial charge in [-0.05, 0) is 18.3 Å². The Kier molecular flexibility index (Phi) is 3.95. The first-order chi connectivity index (χ1) is 7.25. The van der Waals surface area contributed by atoms with Crippen LogP contribution in [0.15, 0.2) is 4.99 Å². The van der Waals surface area contributed by atoms with Crippen LogP contribution in [0.3, 0.4) is 0 Å². The summed E-state index contributed by atoms with van der Waals surface area (Å²) in [5, 5.41) is 4.70. The van der Waals surface area contributed by atoms with Crippen molar-refractivity contribution in [1.29, 1.82) is 0 Å². The summed E-state index contributed by atoms with van der Waals surface area (Å²) in [5.41, 5.74) is 0. The van der Waals surface area contributed by atoms with Crippen molar-refractivity contribution in [3.05, 3.63) is 0 Å². The first-order valence-electron chi connectivity index (χ1n) is 6.19. The van der Waals surface area contributed by atoms with Crippen LogP contribution in [0.5, 0.6) is 0 Å². The largest absolute Gasteiger partial charge is 0.361 e. The van der Waals surface area contributed by atoms with Gasteiger partial charge in [-0.3, -0.25) is 4.99 Å². The smallest absolute Gasteiger partial charge is 0.156 e. The first-order valence-corrected chi connectivity index (χ1v) is 7.18. The molecule has 2 nitrogen and oxygen atoms in total. The fourth-order valence-electron chi connectivity index (χ4n) is 1.99. The molecule has 0 amide bonds. The lowest BCUT2D eigenvalue weighted by molar-refractivity contribution is 0.300. The second-order valence-corrected chi connectivity index (χ2v) is 6.09. The summed E-state index contributed by atoms with van der Waals surface area (Å²) >= 11 is 1.89. The zero-order valence-electron chi connectivity index (χ0n) is 9.83. The van der Waals surface area contributed by atoms with Gasteiger partial charge in [0.15, 0.2) is 5.17 Å². The summed E-state index contributed by atoms with van der Waals surface area (Å²) in [5.74, 6) is 2.90. The predicted molar refractivity (Wildman–Crippen MR) is 68.5 cm³/mol. The van der Waals surface area contributed by atoms with E-state index >= 15 is 0 Å². The molecule has 1 aliphatic carbocycles. The lowest BCUT2D eigenvalue weighted by atomic mass is 9.83. The Morgan fingerprint density at radius 1 is 1.47 bits per heavy atom. The summed E-state index contributed by atoms with van der Waals surface area (Å²) in [6.45, 7) is 5.58. The van der Waals surface area contributed by atoms with Crippen LogP contribution in [-0.4, -0.2) is 23.5 Å². The lowest BCUT2D eigenvalue weighted by Crippen LogP contribution is -2.31. The molecular formula is C12H22N2S. The van der Waals surface area contributed by atoms with Crippen molar-refractivity contribution in [2.24, 2.45) is 16.8 Å². The number of hydrogen-bond acceptors (Lipinski definition) is 2. The average Bonchev–Trinajstić information content (AvgIpc) is 2.57. The Hall–Kier alpha value is -0.180. The van der Waals surface area contributed by atoms with Gasteiger partial charge in [-0.2, -0.15) is 0 Å². The SMILES string of the molecule is CC(C)C1CSC(=NCCC2CCC2)N1. The van der Waals surface area contributed by atoms with E-state index in [9.17, 15) is 0 Å². The summed E-state index contributed by atoms with van der Waals surface area (Å²) < 4.78 is 0. The molecule has 1 unspecified atom stereocenters. The molecule has 15 heavy (non-hydrogen) atoms. The summed E-state index contributed by atoms with van der Waals surface area (Å²) in [7, 11) is 0. The minimum Gasteiger partial charge on any atom is -0.361 e. The van der Waals surface area contributed by atoms with Crippen LogP contribution in [0.1, 0.15) is 39.5 Å². The normalized spacial score (nSPS) is 29.5. The van der Waals surface area contributed by atoms with Gasteiger partial charge in [-0.1, -0.05) is 44.9 Å². The molecule has 2 fully saturated rings. The topological polar surface area (TPSA) is 24.4 Å². The maximum absolute atomic E-state index is 4.65. The zero-order valence-corrected chi connectivity index (χ0v) is 10.6. The Morgan fingerprint density at radius 3 is 2.80 bits per heavy atom. The van der Waals surface area contributed by atoms with E-state index < -0.39 is 0 Å². The third-order valence-corrected chi connectivity index (χ3v) is 4.58. The molecule has 86 valence electrons. The molecule has 0 aromatic carbocycles. The Bertz CT molecular complexity index is 234. The number of thioether (sulfide) groups is 1. The van der Waals surface area contributed by atoms with Gasteiger partial charge in [0, 0.05) is 18.3 Å². The third kappa shape index (κ3) is 3.13. The molecule has 0 bridgehead atoms. The van der Waals surface area contributed by atoms with Gasteiger partial charge in [0.1, 0.15) is 0 Å². The molecule has 2 aliphatic rings. The molecule has 0 aromatic heterocycles. The average molecular weight is 226 g/mol. The van der Waals surface area contributed by atoms with Crippen molar-refractivity contribution in [3.8, 4) is 0 Å². The van der Waals surface area contributed by atoms with Gasteiger partial charge >= 0.3 is 0 Å². The molecule has 0 spiro atoms. The number of amidine groups is 1. The minimum atomic E-state index is 0.637. The minimum absolute atomic E-state index is 0.637. The number of rotatable bonds is 4. The third-order valence-electron chi connectivity index (χ3n) is 3.53. The van der Waals surface area contributed by atoms with Gasteiger partial charge in [0.2, 0.25) is 0 Å². The van der Waals surface area contributed by atoms with Gasteiger partial charge in [0.25, 0.3) is 0 Å². The van der Waals surface area contributed by atoms with Crippen LogP contribution in [0.25, 0.3) is 0 Å². The second-order valence-electron chi connectivity index (χ2n) is 5.08. The van der Waals surface area contributed by atoms with E-state index in [1.165, 1.54) is 36.6 Å². The summed E-state index contributed by atoms with van der Waals surface area (Å²) in [4.78, 5) is 4.65. The highest BCUT2D eigenvalue weighted by molar-refractivity contribution is 8.14. The molecule has 3 heteroatoms. The summed E-state index contributed by atoms with van der Waals surface area (Å²) in [6.07, 6.45) is 5.64. The van der Waals surface area contributed by atoms with E-state index in [1.807, 2.05) is 11.8 Å². The maximum Gasteiger partial charge on any atom is 0.156 e. The lowest BCUT2D eigenvalue weighted by Gasteiger charge is -2.24. The van der Waals surface area contributed by atoms with Crippen LogP contribution in [0.4, 0.5) is 0 Å². The van der Waals surface area contributed by atoms with Crippen LogP contribution >= 0.6 is 11.8 Å². The quantitative estimate of drug-likeness (QED) is 0.797. The van der Waals surface area contributed by atoms with Gasteiger partial charge in [0.05, 0.1) is 0 Å². The van der Waals surface area contributed by atoms with Crippen LogP contribution < -0.4 is 5.32 Å². The first kappa shape index (κ1) is 11.3. The van der Waals surface area contributed by atoms with Crippen LogP contribution in [0, 0.1) is 11.8 Å². The highest BCUT2D eigenvalue weighted by Crippen LogP contribution is 2.29. The van der Waals surface area contributed by atoms with E-state index in [2.05, 4.69) is 24.2 Å². The Morgan fingerprint density at radius 2 is 2.27 bits per heavy atom. The highest BCUT2D eigenvalue weighted by atomic mass is 32.2. The molecule has 0 aromatic rings. The number of aliphatic imine (C=N–C) groups is 1. The number of hydrogen-bond donors (Lipinski definition) is 1. The van der Waals surface area contributed by atoms with Crippen molar-refractivity contribution in [1.82, 2.24) is 5.32 Å². The monoisotopic (exact) mass is 226 g/mol. The fourth-order valence-corrected chi connectivity index (χ4v) is 3.21. The molecule has 1 aliphatic heterocycles.